The maximum atomic E-state index is 12.3. The van der Waals surface area contributed by atoms with Crippen molar-refractivity contribution in [3.63, 3.8) is 0 Å². The van der Waals surface area contributed by atoms with Crippen LogP contribution >= 0.6 is 15.9 Å². The van der Waals surface area contributed by atoms with Crippen molar-refractivity contribution in [1.82, 2.24) is 4.83 Å². The largest absolute Gasteiger partial charge is 0.459 e. The van der Waals surface area contributed by atoms with Crippen LogP contribution in [-0.4, -0.2) is 20.0 Å². The fourth-order valence-corrected chi connectivity index (χ4v) is 3.38. The summed E-state index contributed by atoms with van der Waals surface area (Å²) in [6.07, 6.45) is 1.42. The van der Waals surface area contributed by atoms with E-state index in [2.05, 4.69) is 31.2 Å². The maximum Gasteiger partial charge on any atom is 0.291 e. The topological polar surface area (TPSA) is 101 Å². The Morgan fingerprint density at radius 2 is 1.71 bits per heavy atom. The zero-order chi connectivity index (χ0) is 20.1. The van der Waals surface area contributed by atoms with Crippen LogP contribution in [0.4, 0.5) is 5.69 Å². The molecule has 1 aromatic heterocycles. The fourth-order valence-electron chi connectivity index (χ4n) is 2.25. The second-order valence-corrected chi connectivity index (χ2v) is 8.33. The molecule has 0 saturated heterocycles. The lowest BCUT2D eigenvalue weighted by Gasteiger charge is -2.07. The SMILES string of the molecule is C/C(=N/NS(=O)(=O)c1ccc(Br)cc1)c1ccc(NC(=O)c2ccco2)cc1. The molecular weight excluding hydrogens is 446 g/mol. The number of furan rings is 1. The summed E-state index contributed by atoms with van der Waals surface area (Å²) in [6.45, 7) is 1.68. The van der Waals surface area contributed by atoms with Gasteiger partial charge in [-0.1, -0.05) is 28.1 Å². The Labute approximate surface area is 170 Å². The Morgan fingerprint density at radius 3 is 2.32 bits per heavy atom. The number of halogens is 1. The molecule has 0 fully saturated rings. The molecule has 0 saturated carbocycles. The Kier molecular flexibility index (Phi) is 5.96. The first-order valence-corrected chi connectivity index (χ1v) is 10.4. The van der Waals surface area contributed by atoms with Crippen LogP contribution in [0, 0.1) is 0 Å². The predicted molar refractivity (Wildman–Crippen MR) is 110 cm³/mol. The van der Waals surface area contributed by atoms with Crippen LogP contribution in [0.1, 0.15) is 23.0 Å². The predicted octanol–water partition coefficient (Wildman–Crippen LogP) is 4.00. The van der Waals surface area contributed by atoms with Crippen LogP contribution in [0.15, 0.2) is 85.8 Å². The van der Waals surface area contributed by atoms with Crippen LogP contribution in [0.2, 0.25) is 0 Å². The molecule has 9 heteroatoms. The lowest BCUT2D eigenvalue weighted by Crippen LogP contribution is -2.20. The summed E-state index contributed by atoms with van der Waals surface area (Å²) in [7, 11) is -3.76. The summed E-state index contributed by atoms with van der Waals surface area (Å²) in [5.41, 5.74) is 1.76. The molecule has 144 valence electrons. The molecule has 0 aliphatic heterocycles. The number of sulfonamides is 1. The van der Waals surface area contributed by atoms with Crippen molar-refractivity contribution in [3.05, 3.63) is 82.7 Å². The second-order valence-electron chi connectivity index (χ2n) is 5.75. The van der Waals surface area contributed by atoms with Gasteiger partial charge in [0.2, 0.25) is 0 Å². The average Bonchev–Trinajstić information content (AvgIpc) is 3.22. The molecule has 1 amide bonds. The molecule has 0 spiro atoms. The van der Waals surface area contributed by atoms with E-state index in [1.807, 2.05) is 0 Å². The monoisotopic (exact) mass is 461 g/mol. The molecule has 0 radical (unpaired) electrons. The van der Waals surface area contributed by atoms with Crippen LogP contribution in [0.3, 0.4) is 0 Å². The number of carbonyl (C=O) groups excluding carboxylic acids is 1. The van der Waals surface area contributed by atoms with E-state index in [9.17, 15) is 13.2 Å². The van der Waals surface area contributed by atoms with Crippen molar-refractivity contribution >= 4 is 43.3 Å². The van der Waals surface area contributed by atoms with E-state index in [0.29, 0.717) is 17.0 Å². The molecule has 0 aliphatic carbocycles. The van der Waals surface area contributed by atoms with Crippen molar-refractivity contribution in [1.29, 1.82) is 0 Å². The number of anilines is 1. The van der Waals surface area contributed by atoms with Gasteiger partial charge in [-0.2, -0.15) is 18.4 Å². The molecule has 0 bridgehead atoms. The van der Waals surface area contributed by atoms with Gasteiger partial charge in [0.15, 0.2) is 5.76 Å². The van der Waals surface area contributed by atoms with Gasteiger partial charge in [-0.3, -0.25) is 4.79 Å². The van der Waals surface area contributed by atoms with E-state index in [1.54, 1.807) is 55.5 Å². The van der Waals surface area contributed by atoms with Crippen LogP contribution in [0.5, 0.6) is 0 Å². The molecule has 2 aromatic carbocycles. The van der Waals surface area contributed by atoms with Crippen LogP contribution < -0.4 is 10.1 Å². The van der Waals surface area contributed by atoms with Crippen molar-refractivity contribution in [2.75, 3.05) is 5.32 Å². The lowest BCUT2D eigenvalue weighted by atomic mass is 10.1. The third kappa shape index (κ3) is 4.87. The third-order valence-electron chi connectivity index (χ3n) is 3.76. The Morgan fingerprint density at radius 1 is 1.04 bits per heavy atom. The summed E-state index contributed by atoms with van der Waals surface area (Å²) in [5, 5.41) is 6.67. The zero-order valence-corrected chi connectivity index (χ0v) is 17.1. The molecule has 0 unspecified atom stereocenters. The Hall–Kier alpha value is -2.91. The highest BCUT2D eigenvalue weighted by molar-refractivity contribution is 9.10. The summed E-state index contributed by atoms with van der Waals surface area (Å²) >= 11 is 3.26. The highest BCUT2D eigenvalue weighted by Crippen LogP contribution is 2.15. The quantitative estimate of drug-likeness (QED) is 0.427. The second kappa shape index (κ2) is 8.41. The molecule has 2 N–H and O–H groups in total. The van der Waals surface area contributed by atoms with Gasteiger partial charge in [-0.05, 0) is 61.0 Å². The molecule has 3 rings (SSSR count). The highest BCUT2D eigenvalue weighted by Gasteiger charge is 2.13. The fraction of sp³-hybridized carbons (Fsp3) is 0.0526. The first kappa shape index (κ1) is 19.8. The van der Waals surface area contributed by atoms with E-state index >= 15 is 0 Å². The minimum atomic E-state index is -3.76. The number of nitrogens with zero attached hydrogens (tertiary/aromatic N) is 1. The molecular formula is C19H16BrN3O4S. The van der Waals surface area contributed by atoms with E-state index in [1.165, 1.54) is 18.4 Å². The molecule has 28 heavy (non-hydrogen) atoms. The van der Waals surface area contributed by atoms with Crippen LogP contribution in [0.25, 0.3) is 0 Å². The van der Waals surface area contributed by atoms with Gasteiger partial charge >= 0.3 is 0 Å². The first-order valence-electron chi connectivity index (χ1n) is 8.12. The van der Waals surface area contributed by atoms with Gasteiger partial charge in [0.25, 0.3) is 15.9 Å². The normalized spacial score (nSPS) is 11.9. The van der Waals surface area contributed by atoms with Gasteiger partial charge in [-0.15, -0.1) is 0 Å². The van der Waals surface area contributed by atoms with Crippen LogP contribution in [-0.2, 0) is 10.0 Å². The summed E-state index contributed by atoms with van der Waals surface area (Å²) < 4.78 is 30.4. The number of benzene rings is 2. The van der Waals surface area contributed by atoms with E-state index < -0.39 is 10.0 Å². The standard InChI is InChI=1S/C19H16BrN3O4S/c1-13(22-23-28(25,26)17-10-6-15(20)7-11-17)14-4-8-16(9-5-14)21-19(24)18-3-2-12-27-18/h2-12,23H,1H3,(H,21,24)/b22-13-. The first-order chi connectivity index (χ1) is 13.3. The van der Waals surface area contributed by atoms with Crippen molar-refractivity contribution in [2.45, 2.75) is 11.8 Å². The molecule has 1 heterocycles. The van der Waals surface area contributed by atoms with E-state index in [0.717, 1.165) is 4.47 Å². The maximum absolute atomic E-state index is 12.3. The van der Waals surface area contributed by atoms with Crippen molar-refractivity contribution in [2.24, 2.45) is 5.10 Å². The number of hydrogen-bond acceptors (Lipinski definition) is 5. The molecule has 0 aliphatic rings. The highest BCUT2D eigenvalue weighted by atomic mass is 79.9. The zero-order valence-electron chi connectivity index (χ0n) is 14.7. The van der Waals surface area contributed by atoms with E-state index in [-0.39, 0.29) is 16.6 Å². The van der Waals surface area contributed by atoms with Gasteiger partial charge < -0.3 is 9.73 Å². The minimum Gasteiger partial charge on any atom is -0.459 e. The van der Waals surface area contributed by atoms with Crippen molar-refractivity contribution < 1.29 is 17.6 Å². The number of amides is 1. The Bertz CT molecular complexity index is 1090. The summed E-state index contributed by atoms with van der Waals surface area (Å²) in [6, 6.07) is 16.3. The molecule has 7 nitrogen and oxygen atoms in total. The lowest BCUT2D eigenvalue weighted by molar-refractivity contribution is 0.0996. The number of nitrogens with one attached hydrogen (secondary N) is 2. The van der Waals surface area contributed by atoms with E-state index in [4.69, 9.17) is 4.42 Å². The average molecular weight is 462 g/mol. The molecule has 0 atom stereocenters. The summed E-state index contributed by atoms with van der Waals surface area (Å²) in [4.78, 5) is 14.3. The van der Waals surface area contributed by atoms with Gasteiger partial charge in [0, 0.05) is 10.2 Å². The number of hydrazone groups is 1. The van der Waals surface area contributed by atoms with Gasteiger partial charge in [0.05, 0.1) is 16.9 Å². The minimum absolute atomic E-state index is 0.114. The third-order valence-corrected chi connectivity index (χ3v) is 5.52. The number of rotatable bonds is 6. The summed E-state index contributed by atoms with van der Waals surface area (Å²) in [5.74, 6) is -0.144. The molecule has 3 aromatic rings. The van der Waals surface area contributed by atoms with Gasteiger partial charge in [-0.25, -0.2) is 0 Å². The number of hydrogen-bond donors (Lipinski definition) is 2. The smallest absolute Gasteiger partial charge is 0.291 e. The number of carbonyl (C=O) groups is 1. The van der Waals surface area contributed by atoms with Crippen molar-refractivity contribution in [3.8, 4) is 0 Å². The van der Waals surface area contributed by atoms with Gasteiger partial charge in [0.1, 0.15) is 0 Å². The Balaban J connectivity index is 1.67.